The quantitative estimate of drug-likeness (QED) is 0.816. The lowest BCUT2D eigenvalue weighted by Gasteiger charge is -2.49. The lowest BCUT2D eigenvalue weighted by atomic mass is 9.79. The molecule has 3 saturated heterocycles. The van der Waals surface area contributed by atoms with Crippen LogP contribution >= 0.6 is 11.3 Å². The number of nitrogens with zero attached hydrogens (tertiary/aromatic N) is 1. The Kier molecular flexibility index (Phi) is 4.84. The van der Waals surface area contributed by atoms with Gasteiger partial charge in [-0.15, -0.1) is 11.3 Å². The Morgan fingerprint density at radius 3 is 2.41 bits per heavy atom. The van der Waals surface area contributed by atoms with E-state index in [2.05, 4.69) is 17.1 Å². The van der Waals surface area contributed by atoms with Crippen LogP contribution < -0.4 is 10.5 Å². The third-order valence-corrected chi connectivity index (χ3v) is 7.83. The fraction of sp³-hybridized carbons (Fsp3) is 0.421. The fourth-order valence-corrected chi connectivity index (χ4v) is 5.62. The number of primary sulfonamides is 1. The Morgan fingerprint density at radius 1 is 1.15 bits per heavy atom. The van der Waals surface area contributed by atoms with E-state index in [1.54, 1.807) is 12.1 Å². The molecule has 0 unspecified atom stereocenters. The summed E-state index contributed by atoms with van der Waals surface area (Å²) in [7, 11) is -3.70. The molecule has 1 aromatic heterocycles. The SMILES string of the molecule is C[C@H]1[C@H](NC(=O)c2ccc(-c3ccc(S(N)(=O)=O)cc3)s2)C2CCN1CC2. The number of carbonyl (C=O) groups excluding carboxylic acids is 1. The lowest BCUT2D eigenvalue weighted by molar-refractivity contribution is 0.0218. The first-order chi connectivity index (χ1) is 12.8. The van der Waals surface area contributed by atoms with Crippen LogP contribution in [-0.2, 0) is 10.0 Å². The van der Waals surface area contributed by atoms with Gasteiger partial charge in [0.25, 0.3) is 5.91 Å². The molecule has 3 aliphatic rings. The van der Waals surface area contributed by atoms with Crippen molar-refractivity contribution in [3.05, 3.63) is 41.3 Å². The van der Waals surface area contributed by atoms with E-state index >= 15 is 0 Å². The van der Waals surface area contributed by atoms with Crippen molar-refractivity contribution >= 4 is 27.3 Å². The summed E-state index contributed by atoms with van der Waals surface area (Å²) in [6, 6.07) is 10.7. The monoisotopic (exact) mass is 405 g/mol. The highest BCUT2D eigenvalue weighted by molar-refractivity contribution is 7.89. The molecule has 27 heavy (non-hydrogen) atoms. The first-order valence-corrected chi connectivity index (χ1v) is 11.5. The van der Waals surface area contributed by atoms with Gasteiger partial charge in [-0.25, -0.2) is 13.6 Å². The average molecular weight is 406 g/mol. The molecule has 2 atom stereocenters. The molecule has 2 aromatic rings. The number of benzene rings is 1. The van der Waals surface area contributed by atoms with Crippen LogP contribution in [0, 0.1) is 5.92 Å². The van der Waals surface area contributed by atoms with Crippen molar-refractivity contribution in [2.75, 3.05) is 13.1 Å². The zero-order valence-electron chi connectivity index (χ0n) is 15.1. The summed E-state index contributed by atoms with van der Waals surface area (Å²) in [4.78, 5) is 16.9. The van der Waals surface area contributed by atoms with Crippen LogP contribution in [0.15, 0.2) is 41.3 Å². The van der Waals surface area contributed by atoms with Crippen molar-refractivity contribution < 1.29 is 13.2 Å². The average Bonchev–Trinajstić information content (AvgIpc) is 3.15. The van der Waals surface area contributed by atoms with Crippen molar-refractivity contribution in [2.24, 2.45) is 11.1 Å². The highest BCUT2D eigenvalue weighted by Crippen LogP contribution is 2.33. The number of nitrogens with two attached hydrogens (primary N) is 1. The molecule has 1 amide bonds. The zero-order valence-corrected chi connectivity index (χ0v) is 16.7. The van der Waals surface area contributed by atoms with Gasteiger partial charge < -0.3 is 5.32 Å². The molecule has 5 rings (SSSR count). The number of hydrogen-bond donors (Lipinski definition) is 2. The van der Waals surface area contributed by atoms with Gasteiger partial charge in [-0.3, -0.25) is 9.69 Å². The molecule has 4 heterocycles. The maximum absolute atomic E-state index is 12.7. The largest absolute Gasteiger partial charge is 0.347 e. The highest BCUT2D eigenvalue weighted by atomic mass is 32.2. The lowest BCUT2D eigenvalue weighted by Crippen LogP contribution is -2.62. The Hall–Kier alpha value is -1.74. The minimum Gasteiger partial charge on any atom is -0.347 e. The minimum absolute atomic E-state index is 0.0296. The van der Waals surface area contributed by atoms with Gasteiger partial charge in [0, 0.05) is 17.0 Å². The number of amides is 1. The molecule has 0 saturated carbocycles. The molecule has 0 radical (unpaired) electrons. The molecule has 0 spiro atoms. The molecular weight excluding hydrogens is 382 g/mol. The zero-order chi connectivity index (χ0) is 19.2. The van der Waals surface area contributed by atoms with E-state index in [0.29, 0.717) is 16.8 Å². The highest BCUT2D eigenvalue weighted by Gasteiger charge is 2.40. The fourth-order valence-electron chi connectivity index (χ4n) is 4.19. The summed E-state index contributed by atoms with van der Waals surface area (Å²) in [5.74, 6) is 0.539. The maximum atomic E-state index is 12.7. The molecule has 8 heteroatoms. The van der Waals surface area contributed by atoms with Crippen molar-refractivity contribution in [1.82, 2.24) is 10.2 Å². The van der Waals surface area contributed by atoms with Crippen LogP contribution in [0.4, 0.5) is 0 Å². The van der Waals surface area contributed by atoms with E-state index < -0.39 is 10.0 Å². The minimum atomic E-state index is -3.70. The number of fused-ring (bicyclic) bond motifs is 3. The van der Waals surface area contributed by atoms with Crippen LogP contribution in [0.2, 0.25) is 0 Å². The molecule has 144 valence electrons. The number of thiophene rings is 1. The van der Waals surface area contributed by atoms with Gasteiger partial charge in [-0.1, -0.05) is 12.1 Å². The molecule has 6 nitrogen and oxygen atoms in total. The van der Waals surface area contributed by atoms with E-state index in [0.717, 1.165) is 36.4 Å². The van der Waals surface area contributed by atoms with Crippen LogP contribution in [0.3, 0.4) is 0 Å². The van der Waals surface area contributed by atoms with Gasteiger partial charge in [0.2, 0.25) is 10.0 Å². The molecule has 1 aromatic carbocycles. The Labute approximate surface area is 163 Å². The number of hydrogen-bond acceptors (Lipinski definition) is 5. The topological polar surface area (TPSA) is 92.5 Å². The van der Waals surface area contributed by atoms with E-state index in [1.807, 2.05) is 12.1 Å². The van der Waals surface area contributed by atoms with Crippen molar-refractivity contribution in [2.45, 2.75) is 36.7 Å². The first-order valence-electron chi connectivity index (χ1n) is 9.11. The normalized spacial score (nSPS) is 27.5. The maximum Gasteiger partial charge on any atom is 0.261 e. The molecular formula is C19H23N3O3S2. The number of carbonyl (C=O) groups is 1. The van der Waals surface area contributed by atoms with E-state index in [4.69, 9.17) is 5.14 Å². The standard InChI is InChI=1S/C19H23N3O3S2/c1-12-18(14-8-10-22(12)11-9-14)21-19(23)17-7-6-16(26-17)13-2-4-15(5-3-13)27(20,24)25/h2-7,12,14,18H,8-11H2,1H3,(H,21,23)(H2,20,24,25)/t12-,18-/m0/s1. The third kappa shape index (κ3) is 3.67. The van der Waals surface area contributed by atoms with E-state index in [-0.39, 0.29) is 16.8 Å². The van der Waals surface area contributed by atoms with Crippen LogP contribution in [-0.4, -0.2) is 44.4 Å². The van der Waals surface area contributed by atoms with Crippen molar-refractivity contribution in [3.8, 4) is 10.4 Å². The number of rotatable bonds is 4. The summed E-state index contributed by atoms with van der Waals surface area (Å²) < 4.78 is 22.7. The Balaban J connectivity index is 1.48. The molecule has 2 bridgehead atoms. The van der Waals surface area contributed by atoms with Crippen LogP contribution in [0.1, 0.15) is 29.4 Å². The summed E-state index contributed by atoms with van der Waals surface area (Å²) in [5, 5.41) is 8.38. The van der Waals surface area contributed by atoms with E-state index in [9.17, 15) is 13.2 Å². The van der Waals surface area contributed by atoms with Crippen molar-refractivity contribution in [1.29, 1.82) is 0 Å². The molecule has 3 fully saturated rings. The van der Waals surface area contributed by atoms with Gasteiger partial charge in [-0.2, -0.15) is 0 Å². The summed E-state index contributed by atoms with van der Waals surface area (Å²) in [6.07, 6.45) is 2.31. The summed E-state index contributed by atoms with van der Waals surface area (Å²) in [6.45, 7) is 4.47. The van der Waals surface area contributed by atoms with Crippen LogP contribution in [0.5, 0.6) is 0 Å². The number of piperidine rings is 3. The van der Waals surface area contributed by atoms with Gasteiger partial charge in [-0.05, 0) is 68.6 Å². The third-order valence-electron chi connectivity index (χ3n) is 5.77. The Morgan fingerprint density at radius 2 is 1.81 bits per heavy atom. The van der Waals surface area contributed by atoms with Crippen molar-refractivity contribution in [3.63, 3.8) is 0 Å². The second-order valence-electron chi connectivity index (χ2n) is 7.35. The second-order valence-corrected chi connectivity index (χ2v) is 9.99. The molecule has 3 N–H and O–H groups in total. The van der Waals surface area contributed by atoms with E-state index in [1.165, 1.54) is 23.5 Å². The smallest absolute Gasteiger partial charge is 0.261 e. The van der Waals surface area contributed by atoms with Gasteiger partial charge in [0.15, 0.2) is 0 Å². The second kappa shape index (κ2) is 7.01. The predicted octanol–water partition coefficient (Wildman–Crippen LogP) is 2.28. The number of sulfonamides is 1. The van der Waals surface area contributed by atoms with Gasteiger partial charge in [0.1, 0.15) is 0 Å². The summed E-state index contributed by atoms with van der Waals surface area (Å²) >= 11 is 1.41. The molecule has 3 aliphatic heterocycles. The first kappa shape index (κ1) is 18.6. The summed E-state index contributed by atoms with van der Waals surface area (Å²) in [5.41, 5.74) is 0.864. The Bertz CT molecular complexity index is 943. The number of nitrogens with one attached hydrogen (secondary N) is 1. The molecule has 0 aliphatic carbocycles. The van der Waals surface area contributed by atoms with Crippen LogP contribution in [0.25, 0.3) is 10.4 Å². The van der Waals surface area contributed by atoms with Gasteiger partial charge >= 0.3 is 0 Å². The predicted molar refractivity (Wildman–Crippen MR) is 106 cm³/mol. The van der Waals surface area contributed by atoms with Gasteiger partial charge in [0.05, 0.1) is 9.77 Å².